The highest BCUT2D eigenvalue weighted by Crippen LogP contribution is 2.31. The van der Waals surface area contributed by atoms with Crippen molar-refractivity contribution in [2.75, 3.05) is 7.11 Å². The first kappa shape index (κ1) is 18.6. The smallest absolute Gasteiger partial charge is 0.270 e. The van der Waals surface area contributed by atoms with Crippen LogP contribution in [0.15, 0.2) is 59.0 Å². The Morgan fingerprint density at radius 2 is 2.07 bits per heavy atom. The van der Waals surface area contributed by atoms with E-state index in [1.807, 2.05) is 24.3 Å². The van der Waals surface area contributed by atoms with Crippen molar-refractivity contribution in [1.29, 1.82) is 0 Å². The molecule has 0 unspecified atom stereocenters. The quantitative estimate of drug-likeness (QED) is 0.373. The summed E-state index contributed by atoms with van der Waals surface area (Å²) in [6.07, 6.45) is 0. The molecule has 0 saturated heterocycles. The monoisotopic (exact) mass is 409 g/mol. The molecule has 0 spiro atoms. The van der Waals surface area contributed by atoms with Gasteiger partial charge < -0.3 is 14.5 Å². The molecule has 0 aliphatic carbocycles. The minimum Gasteiger partial charge on any atom is -0.496 e. The van der Waals surface area contributed by atoms with Crippen molar-refractivity contribution >= 4 is 33.1 Å². The van der Waals surface area contributed by atoms with Crippen LogP contribution in [0, 0.1) is 10.1 Å². The van der Waals surface area contributed by atoms with E-state index in [1.165, 1.54) is 36.6 Å². The number of nitro benzene ring substituents is 1. The summed E-state index contributed by atoms with van der Waals surface area (Å²) in [5, 5.41) is 14.4. The summed E-state index contributed by atoms with van der Waals surface area (Å²) < 4.78 is 12.0. The van der Waals surface area contributed by atoms with Gasteiger partial charge in [-0.15, -0.1) is 11.3 Å². The molecular formula is C20H15N3O5S. The Morgan fingerprint density at radius 3 is 2.83 bits per heavy atom. The number of hydrogen-bond acceptors (Lipinski definition) is 7. The Labute approximate surface area is 168 Å². The molecule has 4 aromatic rings. The first-order valence-corrected chi connectivity index (χ1v) is 9.42. The summed E-state index contributed by atoms with van der Waals surface area (Å²) in [5.41, 5.74) is 0.795. The van der Waals surface area contributed by atoms with E-state index < -0.39 is 10.8 Å². The van der Waals surface area contributed by atoms with E-state index in [9.17, 15) is 14.9 Å². The molecule has 0 aliphatic heterocycles. The van der Waals surface area contributed by atoms with Gasteiger partial charge in [0, 0.05) is 12.1 Å². The number of nitro groups is 1. The SMILES string of the molecule is COc1ccc([N+](=O)[O-])cc1C(=O)NCc1ccc(-c2nc3ccccc3s2)o1. The average molecular weight is 409 g/mol. The molecule has 146 valence electrons. The fourth-order valence-electron chi connectivity index (χ4n) is 2.82. The molecule has 29 heavy (non-hydrogen) atoms. The van der Waals surface area contributed by atoms with Crippen molar-refractivity contribution in [3.05, 3.63) is 76.0 Å². The third-order valence-electron chi connectivity index (χ3n) is 4.23. The van der Waals surface area contributed by atoms with Gasteiger partial charge in [-0.1, -0.05) is 12.1 Å². The minimum atomic E-state index is -0.562. The first-order valence-electron chi connectivity index (χ1n) is 8.60. The number of para-hydroxylation sites is 1. The maximum absolute atomic E-state index is 12.5. The summed E-state index contributed by atoms with van der Waals surface area (Å²) in [7, 11) is 1.40. The Morgan fingerprint density at radius 1 is 1.24 bits per heavy atom. The normalized spacial score (nSPS) is 10.8. The number of nitrogens with zero attached hydrogens (tertiary/aromatic N) is 2. The summed E-state index contributed by atoms with van der Waals surface area (Å²) in [4.78, 5) is 27.5. The molecule has 0 bridgehead atoms. The number of carbonyl (C=O) groups is 1. The van der Waals surface area contributed by atoms with Crippen LogP contribution in [0.4, 0.5) is 5.69 Å². The fraction of sp³-hybridized carbons (Fsp3) is 0.100. The molecule has 0 radical (unpaired) electrons. The van der Waals surface area contributed by atoms with Crippen molar-refractivity contribution < 1.29 is 18.9 Å². The predicted octanol–water partition coefficient (Wildman–Crippen LogP) is 4.40. The summed E-state index contributed by atoms with van der Waals surface area (Å²) >= 11 is 1.52. The van der Waals surface area contributed by atoms with Crippen LogP contribution in [-0.2, 0) is 6.54 Å². The number of nitrogens with one attached hydrogen (secondary N) is 1. The number of thiazole rings is 1. The van der Waals surface area contributed by atoms with Crippen LogP contribution >= 0.6 is 11.3 Å². The van der Waals surface area contributed by atoms with E-state index in [1.54, 1.807) is 12.1 Å². The minimum absolute atomic E-state index is 0.0830. The van der Waals surface area contributed by atoms with Crippen molar-refractivity contribution in [2.24, 2.45) is 0 Å². The molecule has 1 N–H and O–H groups in total. The maximum atomic E-state index is 12.5. The summed E-state index contributed by atoms with van der Waals surface area (Å²) in [6.45, 7) is 0.121. The van der Waals surface area contributed by atoms with Crippen molar-refractivity contribution in [3.63, 3.8) is 0 Å². The number of benzene rings is 2. The highest BCUT2D eigenvalue weighted by Gasteiger charge is 2.18. The standard InChI is InChI=1S/C20H15N3O5S/c1-27-16-8-6-12(23(25)26)10-14(16)19(24)21-11-13-7-9-17(28-13)20-22-15-4-2-3-5-18(15)29-20/h2-10H,11H2,1H3,(H,21,24). The van der Waals surface area contributed by atoms with E-state index in [0.29, 0.717) is 11.5 Å². The number of ether oxygens (including phenoxy) is 1. The van der Waals surface area contributed by atoms with Crippen LogP contribution in [0.25, 0.3) is 21.0 Å². The van der Waals surface area contributed by atoms with Gasteiger partial charge in [0.05, 0.1) is 34.4 Å². The number of amides is 1. The zero-order valence-corrected chi connectivity index (χ0v) is 16.1. The van der Waals surface area contributed by atoms with Crippen molar-refractivity contribution in [1.82, 2.24) is 10.3 Å². The van der Waals surface area contributed by atoms with E-state index in [4.69, 9.17) is 9.15 Å². The number of furan rings is 1. The molecule has 2 aromatic carbocycles. The van der Waals surface area contributed by atoms with Crippen LogP contribution in [-0.4, -0.2) is 22.9 Å². The lowest BCUT2D eigenvalue weighted by Gasteiger charge is -2.08. The Hall–Kier alpha value is -3.72. The van der Waals surface area contributed by atoms with Crippen molar-refractivity contribution in [2.45, 2.75) is 6.54 Å². The molecule has 4 rings (SSSR count). The van der Waals surface area contributed by atoms with Gasteiger partial charge in [-0.2, -0.15) is 0 Å². The summed E-state index contributed by atoms with van der Waals surface area (Å²) in [5.74, 6) is 0.909. The second kappa shape index (κ2) is 7.72. The van der Waals surface area contributed by atoms with E-state index in [2.05, 4.69) is 10.3 Å². The molecule has 0 atom stereocenters. The molecule has 1 amide bonds. The van der Waals surface area contributed by atoms with Gasteiger partial charge in [-0.3, -0.25) is 14.9 Å². The molecule has 0 fully saturated rings. The third-order valence-corrected chi connectivity index (χ3v) is 5.28. The lowest BCUT2D eigenvalue weighted by molar-refractivity contribution is -0.384. The second-order valence-electron chi connectivity index (χ2n) is 6.08. The van der Waals surface area contributed by atoms with Gasteiger partial charge in [0.15, 0.2) is 10.8 Å². The number of aromatic nitrogens is 1. The van der Waals surface area contributed by atoms with Gasteiger partial charge in [0.1, 0.15) is 11.5 Å². The lowest BCUT2D eigenvalue weighted by Crippen LogP contribution is -2.23. The molecule has 9 heteroatoms. The molecule has 0 aliphatic rings. The van der Waals surface area contributed by atoms with Crippen LogP contribution in [0.1, 0.15) is 16.1 Å². The van der Waals surface area contributed by atoms with Crippen LogP contribution in [0.3, 0.4) is 0 Å². The number of methoxy groups -OCH3 is 1. The largest absolute Gasteiger partial charge is 0.496 e. The van der Waals surface area contributed by atoms with Gasteiger partial charge in [-0.05, 0) is 30.3 Å². The molecule has 8 nitrogen and oxygen atoms in total. The molecule has 2 heterocycles. The van der Waals surface area contributed by atoms with Crippen molar-refractivity contribution in [3.8, 4) is 16.5 Å². The number of fused-ring (bicyclic) bond motifs is 1. The Bertz CT molecular complexity index is 1180. The number of carbonyl (C=O) groups excluding carboxylic acids is 1. The Kier molecular flexibility index (Phi) is 4.96. The van der Waals surface area contributed by atoms with Gasteiger partial charge >= 0.3 is 0 Å². The molecule has 2 aromatic heterocycles. The topological polar surface area (TPSA) is 108 Å². The summed E-state index contributed by atoms with van der Waals surface area (Å²) in [6, 6.07) is 15.2. The van der Waals surface area contributed by atoms with Gasteiger partial charge in [0.2, 0.25) is 0 Å². The fourth-order valence-corrected chi connectivity index (χ4v) is 3.74. The van der Waals surface area contributed by atoms with Gasteiger partial charge in [-0.25, -0.2) is 4.98 Å². The van der Waals surface area contributed by atoms with E-state index in [0.717, 1.165) is 15.2 Å². The van der Waals surface area contributed by atoms with Gasteiger partial charge in [0.25, 0.3) is 11.6 Å². The van der Waals surface area contributed by atoms with Crippen LogP contribution in [0.5, 0.6) is 5.75 Å². The third kappa shape index (κ3) is 3.81. The van der Waals surface area contributed by atoms with Crippen LogP contribution in [0.2, 0.25) is 0 Å². The molecular weight excluding hydrogens is 394 g/mol. The predicted molar refractivity (Wildman–Crippen MR) is 108 cm³/mol. The van der Waals surface area contributed by atoms with E-state index in [-0.39, 0.29) is 23.5 Å². The second-order valence-corrected chi connectivity index (χ2v) is 7.11. The zero-order valence-electron chi connectivity index (χ0n) is 15.2. The highest BCUT2D eigenvalue weighted by atomic mass is 32.1. The first-order chi connectivity index (χ1) is 14.0. The lowest BCUT2D eigenvalue weighted by atomic mass is 10.1. The maximum Gasteiger partial charge on any atom is 0.270 e. The average Bonchev–Trinajstić information content (AvgIpc) is 3.38. The zero-order chi connectivity index (χ0) is 20.4. The number of rotatable bonds is 6. The number of hydrogen-bond donors (Lipinski definition) is 1. The molecule has 0 saturated carbocycles. The van der Waals surface area contributed by atoms with E-state index >= 15 is 0 Å². The van der Waals surface area contributed by atoms with Crippen LogP contribution < -0.4 is 10.1 Å². The number of non-ortho nitro benzene ring substituents is 1. The Balaban J connectivity index is 1.49. The highest BCUT2D eigenvalue weighted by molar-refractivity contribution is 7.21.